The maximum atomic E-state index is 12.6. The number of aliphatic hydroxyl groups excluding tert-OH is 1. The number of hydrogen-bond donors (Lipinski definition) is 1. The third-order valence-corrected chi connectivity index (χ3v) is 3.73. The quantitative estimate of drug-likeness (QED) is 0.745. The summed E-state index contributed by atoms with van der Waals surface area (Å²) in [6, 6.07) is 9.12. The molecule has 1 amide bonds. The first-order valence-electron chi connectivity index (χ1n) is 8.07. The minimum atomic E-state index is -0.642. The van der Waals surface area contributed by atoms with E-state index in [9.17, 15) is 14.7 Å². The molecule has 1 N–H and O–H groups in total. The van der Waals surface area contributed by atoms with Crippen LogP contribution in [-0.4, -0.2) is 51.4 Å². The standard InChI is InChI=1S/C19H20N2O4/c1-19(2,3)25-18(24)21-14(10-13-6-4-5-7-16(13)21)8-9-17(23)20-11-15(22)12-20/h4-7,10,15,22H,11-12H2,1-3H3. The lowest BCUT2D eigenvalue weighted by atomic mass is 10.2. The fourth-order valence-corrected chi connectivity index (χ4v) is 2.57. The van der Waals surface area contributed by atoms with Gasteiger partial charge in [-0.05, 0) is 38.8 Å². The number of aromatic nitrogens is 1. The van der Waals surface area contributed by atoms with Crippen LogP contribution in [0.25, 0.3) is 10.9 Å². The summed E-state index contributed by atoms with van der Waals surface area (Å²) in [6.07, 6.45) is -1.01. The molecular formula is C19H20N2O4. The predicted octanol–water partition coefficient (Wildman–Crippen LogP) is 1.98. The van der Waals surface area contributed by atoms with Crippen molar-refractivity contribution in [2.45, 2.75) is 32.5 Å². The minimum Gasteiger partial charge on any atom is -0.443 e. The molecule has 3 rings (SSSR count). The van der Waals surface area contributed by atoms with E-state index in [1.54, 1.807) is 32.9 Å². The van der Waals surface area contributed by atoms with Crippen molar-refractivity contribution in [3.8, 4) is 11.8 Å². The average Bonchev–Trinajstić information content (AvgIpc) is 2.86. The van der Waals surface area contributed by atoms with Gasteiger partial charge in [-0.15, -0.1) is 0 Å². The summed E-state index contributed by atoms with van der Waals surface area (Å²) in [5, 5.41) is 10.1. The van der Waals surface area contributed by atoms with Crippen LogP contribution in [0.1, 0.15) is 26.5 Å². The molecule has 1 aromatic heterocycles. The number of hydrogen-bond acceptors (Lipinski definition) is 4. The number of amides is 1. The molecule has 6 heteroatoms. The number of β-amino-alcohol motifs (C(OH)–C–C–N with tert-alkyl or cyclic N) is 1. The normalized spacial score (nSPS) is 14.6. The van der Waals surface area contributed by atoms with Gasteiger partial charge in [-0.25, -0.2) is 9.36 Å². The summed E-state index contributed by atoms with van der Waals surface area (Å²) >= 11 is 0. The Balaban J connectivity index is 1.96. The molecule has 1 fully saturated rings. The molecule has 1 aliphatic heterocycles. The second-order valence-electron chi connectivity index (χ2n) is 7.02. The van der Waals surface area contributed by atoms with Gasteiger partial charge in [0.05, 0.1) is 11.6 Å². The number of fused-ring (bicyclic) bond motifs is 1. The van der Waals surface area contributed by atoms with Crippen molar-refractivity contribution < 1.29 is 19.4 Å². The van der Waals surface area contributed by atoms with E-state index < -0.39 is 17.8 Å². The fourth-order valence-electron chi connectivity index (χ4n) is 2.57. The van der Waals surface area contributed by atoms with E-state index in [0.29, 0.717) is 24.3 Å². The lowest BCUT2D eigenvalue weighted by molar-refractivity contribution is -0.134. The Hall–Kier alpha value is -2.78. The summed E-state index contributed by atoms with van der Waals surface area (Å²) in [5.41, 5.74) is 0.425. The first-order chi connectivity index (χ1) is 11.7. The average molecular weight is 340 g/mol. The second-order valence-corrected chi connectivity index (χ2v) is 7.02. The Morgan fingerprint density at radius 1 is 1.24 bits per heavy atom. The smallest absolute Gasteiger partial charge is 0.420 e. The third-order valence-electron chi connectivity index (χ3n) is 3.73. The van der Waals surface area contributed by atoms with E-state index >= 15 is 0 Å². The minimum absolute atomic E-state index is 0.294. The van der Waals surface area contributed by atoms with Gasteiger partial charge in [-0.3, -0.25) is 4.79 Å². The van der Waals surface area contributed by atoms with E-state index in [0.717, 1.165) is 5.39 Å². The number of likely N-dealkylation sites (tertiary alicyclic amines) is 1. The molecule has 25 heavy (non-hydrogen) atoms. The van der Waals surface area contributed by atoms with Crippen LogP contribution in [0.15, 0.2) is 30.3 Å². The highest BCUT2D eigenvalue weighted by Crippen LogP contribution is 2.21. The summed E-state index contributed by atoms with van der Waals surface area (Å²) in [7, 11) is 0. The molecular weight excluding hydrogens is 320 g/mol. The molecule has 0 saturated carbocycles. The van der Waals surface area contributed by atoms with Gasteiger partial charge in [-0.2, -0.15) is 0 Å². The van der Waals surface area contributed by atoms with Gasteiger partial charge in [0.2, 0.25) is 0 Å². The maximum Gasteiger partial charge on any atom is 0.420 e. The lowest BCUT2D eigenvalue weighted by Crippen LogP contribution is -2.53. The molecule has 0 unspecified atom stereocenters. The number of ether oxygens (including phenoxy) is 1. The van der Waals surface area contributed by atoms with Crippen molar-refractivity contribution >= 4 is 22.9 Å². The SMILES string of the molecule is CC(C)(C)OC(=O)n1c(C#CC(=O)N2CC(O)C2)cc2ccccc21. The largest absolute Gasteiger partial charge is 0.443 e. The number of carbonyl (C=O) groups is 2. The molecule has 0 radical (unpaired) electrons. The molecule has 1 saturated heterocycles. The van der Waals surface area contributed by atoms with Gasteiger partial charge < -0.3 is 14.7 Å². The van der Waals surface area contributed by atoms with Gasteiger partial charge in [0.1, 0.15) is 11.3 Å². The summed E-state index contributed by atoms with van der Waals surface area (Å²) in [5.74, 6) is 4.94. The zero-order valence-corrected chi connectivity index (χ0v) is 14.4. The monoisotopic (exact) mass is 340 g/mol. The Morgan fingerprint density at radius 3 is 2.56 bits per heavy atom. The van der Waals surface area contributed by atoms with Gasteiger partial charge in [0.25, 0.3) is 5.91 Å². The molecule has 0 aliphatic carbocycles. The van der Waals surface area contributed by atoms with Crippen molar-refractivity contribution in [3.05, 3.63) is 36.0 Å². The Morgan fingerprint density at radius 2 is 1.92 bits per heavy atom. The van der Waals surface area contributed by atoms with Crippen molar-refractivity contribution in [2.24, 2.45) is 0 Å². The lowest BCUT2D eigenvalue weighted by Gasteiger charge is -2.34. The highest BCUT2D eigenvalue weighted by atomic mass is 16.6. The third kappa shape index (κ3) is 3.67. The van der Waals surface area contributed by atoms with Crippen LogP contribution in [0, 0.1) is 11.8 Å². The fraction of sp³-hybridized carbons (Fsp3) is 0.368. The van der Waals surface area contributed by atoms with Crippen molar-refractivity contribution in [3.63, 3.8) is 0 Å². The number of benzene rings is 1. The van der Waals surface area contributed by atoms with Crippen LogP contribution in [0.3, 0.4) is 0 Å². The Labute approximate surface area is 146 Å². The maximum absolute atomic E-state index is 12.6. The predicted molar refractivity (Wildman–Crippen MR) is 93.0 cm³/mol. The first-order valence-corrected chi connectivity index (χ1v) is 8.07. The van der Waals surface area contributed by atoms with Crippen LogP contribution in [0.5, 0.6) is 0 Å². The summed E-state index contributed by atoms with van der Waals surface area (Å²) in [6.45, 7) is 5.97. The van der Waals surface area contributed by atoms with Gasteiger partial charge in [0.15, 0.2) is 0 Å². The molecule has 2 heterocycles. The van der Waals surface area contributed by atoms with Crippen LogP contribution in [-0.2, 0) is 9.53 Å². The molecule has 0 bridgehead atoms. The summed E-state index contributed by atoms with van der Waals surface area (Å²) in [4.78, 5) is 26.0. The molecule has 2 aromatic rings. The Bertz CT molecular complexity index is 890. The van der Waals surface area contributed by atoms with Crippen LogP contribution in [0.4, 0.5) is 4.79 Å². The number of para-hydroxylation sites is 1. The topological polar surface area (TPSA) is 71.8 Å². The van der Waals surface area contributed by atoms with E-state index in [1.807, 2.05) is 18.2 Å². The van der Waals surface area contributed by atoms with Gasteiger partial charge in [0, 0.05) is 24.4 Å². The number of rotatable bonds is 0. The highest BCUT2D eigenvalue weighted by Gasteiger charge is 2.27. The van der Waals surface area contributed by atoms with Crippen LogP contribution >= 0.6 is 0 Å². The van der Waals surface area contributed by atoms with Crippen molar-refractivity contribution in [2.75, 3.05) is 13.1 Å². The molecule has 0 atom stereocenters. The Kier molecular flexibility index (Phi) is 4.27. The molecule has 1 aliphatic rings. The van der Waals surface area contributed by atoms with E-state index in [2.05, 4.69) is 11.8 Å². The highest BCUT2D eigenvalue weighted by molar-refractivity contribution is 5.96. The van der Waals surface area contributed by atoms with Gasteiger partial charge >= 0.3 is 6.09 Å². The van der Waals surface area contributed by atoms with Crippen LogP contribution in [0.2, 0.25) is 0 Å². The van der Waals surface area contributed by atoms with Crippen LogP contribution < -0.4 is 0 Å². The second kappa shape index (κ2) is 6.26. The zero-order valence-electron chi connectivity index (χ0n) is 14.4. The van der Waals surface area contributed by atoms with E-state index in [1.165, 1.54) is 9.47 Å². The van der Waals surface area contributed by atoms with Crippen molar-refractivity contribution in [1.29, 1.82) is 0 Å². The number of carbonyl (C=O) groups excluding carboxylic acids is 2. The van der Waals surface area contributed by atoms with E-state index in [-0.39, 0.29) is 5.91 Å². The molecule has 1 aromatic carbocycles. The molecule has 6 nitrogen and oxygen atoms in total. The summed E-state index contributed by atoms with van der Waals surface area (Å²) < 4.78 is 6.84. The van der Waals surface area contributed by atoms with Gasteiger partial charge in [-0.1, -0.05) is 18.2 Å². The first kappa shape index (κ1) is 17.1. The number of nitrogens with zero attached hydrogens (tertiary/aromatic N) is 2. The molecule has 130 valence electrons. The number of aliphatic hydroxyl groups is 1. The zero-order chi connectivity index (χ0) is 18.2. The van der Waals surface area contributed by atoms with E-state index in [4.69, 9.17) is 4.74 Å². The molecule has 0 spiro atoms. The van der Waals surface area contributed by atoms with Crippen molar-refractivity contribution in [1.82, 2.24) is 9.47 Å².